The summed E-state index contributed by atoms with van der Waals surface area (Å²) in [6.45, 7) is 11.4. The zero-order valence-electron chi connectivity index (χ0n) is 17.4. The molecule has 0 spiro atoms. The quantitative estimate of drug-likeness (QED) is 0.816. The van der Waals surface area contributed by atoms with Crippen LogP contribution in [0.3, 0.4) is 0 Å². The van der Waals surface area contributed by atoms with E-state index < -0.39 is 0 Å². The fourth-order valence-electron chi connectivity index (χ4n) is 4.51. The molecule has 0 aromatic heterocycles. The lowest BCUT2D eigenvalue weighted by atomic mass is 9.99. The topological polar surface area (TPSA) is 26.8 Å². The van der Waals surface area contributed by atoms with Crippen molar-refractivity contribution in [2.24, 2.45) is 0 Å². The highest BCUT2D eigenvalue weighted by atomic mass is 16.2. The lowest BCUT2D eigenvalue weighted by molar-refractivity contribution is -0.130. The summed E-state index contributed by atoms with van der Waals surface area (Å²) < 4.78 is 0. The third-order valence-corrected chi connectivity index (χ3v) is 6.33. The molecule has 0 aliphatic carbocycles. The first-order valence-electron chi connectivity index (χ1n) is 10.5. The van der Waals surface area contributed by atoms with Gasteiger partial charge in [0, 0.05) is 44.1 Å². The Morgan fingerprint density at radius 2 is 1.71 bits per heavy atom. The number of hydrogen-bond acceptors (Lipinski definition) is 3. The van der Waals surface area contributed by atoms with Gasteiger partial charge in [0.25, 0.3) is 0 Å². The second-order valence-electron chi connectivity index (χ2n) is 8.24. The molecule has 0 unspecified atom stereocenters. The van der Waals surface area contributed by atoms with Crippen molar-refractivity contribution in [2.75, 3.05) is 49.1 Å². The number of aryl methyl sites for hydroxylation is 3. The lowest BCUT2D eigenvalue weighted by Gasteiger charge is -2.38. The predicted octanol–water partition coefficient (Wildman–Crippen LogP) is 3.71. The maximum Gasteiger partial charge on any atom is 0.242 e. The van der Waals surface area contributed by atoms with E-state index in [9.17, 15) is 4.79 Å². The minimum Gasteiger partial charge on any atom is -0.368 e. The molecule has 0 saturated carbocycles. The summed E-state index contributed by atoms with van der Waals surface area (Å²) in [6, 6.07) is 13.1. The van der Waals surface area contributed by atoms with Gasteiger partial charge in [-0.3, -0.25) is 4.79 Å². The minimum absolute atomic E-state index is 0.258. The Labute approximate surface area is 168 Å². The van der Waals surface area contributed by atoms with E-state index in [-0.39, 0.29) is 5.91 Å². The maximum absolute atomic E-state index is 13.0. The number of carbonyl (C=O) groups excluding carboxylic acids is 1. The highest BCUT2D eigenvalue weighted by Gasteiger charge is 2.25. The Balaban J connectivity index is 1.38. The summed E-state index contributed by atoms with van der Waals surface area (Å²) in [6.07, 6.45) is 2.25. The Kier molecular flexibility index (Phi) is 5.29. The molecule has 4 rings (SSSR count). The van der Waals surface area contributed by atoms with Gasteiger partial charge < -0.3 is 14.7 Å². The summed E-state index contributed by atoms with van der Waals surface area (Å²) in [7, 11) is 0. The Morgan fingerprint density at radius 1 is 0.929 bits per heavy atom. The molecule has 0 atom stereocenters. The first kappa shape index (κ1) is 18.9. The third-order valence-electron chi connectivity index (χ3n) is 6.33. The zero-order chi connectivity index (χ0) is 19.7. The van der Waals surface area contributed by atoms with Gasteiger partial charge >= 0.3 is 0 Å². The van der Waals surface area contributed by atoms with Crippen molar-refractivity contribution >= 4 is 17.3 Å². The summed E-state index contributed by atoms with van der Waals surface area (Å²) in [5.41, 5.74) is 7.93. The molecular formula is C24H31N3O. The highest BCUT2D eigenvalue weighted by Crippen LogP contribution is 2.28. The van der Waals surface area contributed by atoms with Gasteiger partial charge in [0.15, 0.2) is 0 Å². The Hall–Kier alpha value is -2.49. The maximum atomic E-state index is 13.0. The number of anilines is 2. The van der Waals surface area contributed by atoms with Crippen molar-refractivity contribution in [3.05, 3.63) is 58.7 Å². The third kappa shape index (κ3) is 3.73. The second kappa shape index (κ2) is 7.86. The van der Waals surface area contributed by atoms with Crippen LogP contribution in [0.2, 0.25) is 0 Å². The van der Waals surface area contributed by atoms with Crippen molar-refractivity contribution in [2.45, 2.75) is 33.6 Å². The fourth-order valence-corrected chi connectivity index (χ4v) is 4.51. The van der Waals surface area contributed by atoms with Gasteiger partial charge in [-0.25, -0.2) is 0 Å². The van der Waals surface area contributed by atoms with E-state index in [0.29, 0.717) is 6.54 Å². The fraction of sp³-hybridized carbons (Fsp3) is 0.458. The summed E-state index contributed by atoms with van der Waals surface area (Å²) in [5.74, 6) is 0.258. The Morgan fingerprint density at radius 3 is 2.50 bits per heavy atom. The molecule has 1 amide bonds. The normalized spacial score (nSPS) is 16.9. The number of fused-ring (bicyclic) bond motifs is 1. The average molecular weight is 378 g/mol. The van der Waals surface area contributed by atoms with Crippen molar-refractivity contribution in [1.82, 2.24) is 4.90 Å². The SMILES string of the molecule is Cc1ccc2c(c1)CCCN2CC(=O)N1CCN(c2cccc(C)c2C)CC1. The van der Waals surface area contributed by atoms with Crippen molar-refractivity contribution < 1.29 is 4.79 Å². The first-order chi connectivity index (χ1) is 13.5. The van der Waals surface area contributed by atoms with Crippen LogP contribution in [0.5, 0.6) is 0 Å². The predicted molar refractivity (Wildman–Crippen MR) is 116 cm³/mol. The molecule has 1 fully saturated rings. The highest BCUT2D eigenvalue weighted by molar-refractivity contribution is 5.82. The second-order valence-corrected chi connectivity index (χ2v) is 8.24. The molecule has 0 radical (unpaired) electrons. The zero-order valence-corrected chi connectivity index (χ0v) is 17.4. The molecule has 2 aromatic rings. The van der Waals surface area contributed by atoms with Crippen LogP contribution in [0.25, 0.3) is 0 Å². The van der Waals surface area contributed by atoms with E-state index >= 15 is 0 Å². The van der Waals surface area contributed by atoms with E-state index in [0.717, 1.165) is 45.6 Å². The monoisotopic (exact) mass is 377 g/mol. The van der Waals surface area contributed by atoms with Crippen LogP contribution in [0.15, 0.2) is 36.4 Å². The van der Waals surface area contributed by atoms with Gasteiger partial charge in [0.1, 0.15) is 0 Å². The summed E-state index contributed by atoms with van der Waals surface area (Å²) in [5, 5.41) is 0. The Bertz CT molecular complexity index is 868. The van der Waals surface area contributed by atoms with Crippen LogP contribution in [-0.4, -0.2) is 50.1 Å². The molecule has 2 aliphatic heterocycles. The molecule has 0 N–H and O–H groups in total. The number of rotatable bonds is 3. The van der Waals surface area contributed by atoms with E-state index in [1.807, 2.05) is 4.90 Å². The van der Waals surface area contributed by atoms with Crippen molar-refractivity contribution in [3.8, 4) is 0 Å². The summed E-state index contributed by atoms with van der Waals surface area (Å²) in [4.78, 5) is 19.7. The van der Waals surface area contributed by atoms with E-state index in [2.05, 4.69) is 67.0 Å². The number of nitrogens with zero attached hydrogens (tertiary/aromatic N) is 3. The molecule has 4 nitrogen and oxygen atoms in total. The van der Waals surface area contributed by atoms with Crippen molar-refractivity contribution in [1.29, 1.82) is 0 Å². The largest absolute Gasteiger partial charge is 0.368 e. The standard InChI is InChI=1S/C24H31N3O/c1-18-9-10-23-21(16-18)7-5-11-27(23)17-24(28)26-14-12-25(13-15-26)22-8-4-6-19(2)20(22)3/h4,6,8-10,16H,5,7,11-15,17H2,1-3H3. The molecule has 2 heterocycles. The summed E-state index contributed by atoms with van der Waals surface area (Å²) >= 11 is 0. The molecule has 1 saturated heterocycles. The van der Waals surface area contributed by atoms with Crippen LogP contribution >= 0.6 is 0 Å². The smallest absolute Gasteiger partial charge is 0.242 e. The number of carbonyl (C=O) groups is 1. The average Bonchev–Trinajstić information content (AvgIpc) is 2.70. The molecule has 2 aromatic carbocycles. The van der Waals surface area contributed by atoms with E-state index in [4.69, 9.17) is 0 Å². The molecule has 0 bridgehead atoms. The van der Waals surface area contributed by atoms with Gasteiger partial charge in [-0.15, -0.1) is 0 Å². The molecule has 2 aliphatic rings. The van der Waals surface area contributed by atoms with Gasteiger partial charge in [-0.1, -0.05) is 29.8 Å². The van der Waals surface area contributed by atoms with Gasteiger partial charge in [0.2, 0.25) is 5.91 Å². The lowest BCUT2D eigenvalue weighted by Crippen LogP contribution is -2.52. The molecule has 28 heavy (non-hydrogen) atoms. The molecule has 4 heteroatoms. The van der Waals surface area contributed by atoms with Gasteiger partial charge in [-0.2, -0.15) is 0 Å². The van der Waals surface area contributed by atoms with E-state index in [1.54, 1.807) is 0 Å². The van der Waals surface area contributed by atoms with Crippen LogP contribution in [-0.2, 0) is 11.2 Å². The molecular weight excluding hydrogens is 346 g/mol. The minimum atomic E-state index is 0.258. The van der Waals surface area contributed by atoms with E-state index in [1.165, 1.54) is 33.6 Å². The van der Waals surface area contributed by atoms with Crippen LogP contribution in [0, 0.1) is 20.8 Å². The number of benzene rings is 2. The van der Waals surface area contributed by atoms with Crippen LogP contribution < -0.4 is 9.80 Å². The number of hydrogen-bond donors (Lipinski definition) is 0. The number of piperazine rings is 1. The van der Waals surface area contributed by atoms with Gasteiger partial charge in [0.05, 0.1) is 6.54 Å². The van der Waals surface area contributed by atoms with Crippen LogP contribution in [0.4, 0.5) is 11.4 Å². The molecule has 148 valence electrons. The van der Waals surface area contributed by atoms with Crippen LogP contribution in [0.1, 0.15) is 28.7 Å². The van der Waals surface area contributed by atoms with Crippen molar-refractivity contribution in [3.63, 3.8) is 0 Å². The first-order valence-corrected chi connectivity index (χ1v) is 10.5. The number of amides is 1. The van der Waals surface area contributed by atoms with Gasteiger partial charge in [-0.05, 0) is 62.4 Å².